The highest BCUT2D eigenvalue weighted by atomic mass is 16.5. The Morgan fingerprint density at radius 1 is 0.977 bits per heavy atom. The molecular formula is C35H44N6O3. The molecule has 0 aliphatic carbocycles. The Morgan fingerprint density at radius 2 is 1.73 bits per heavy atom. The molecule has 1 N–H and O–H groups in total. The number of hydrogen-bond donors (Lipinski definition) is 1. The van der Waals surface area contributed by atoms with Crippen LogP contribution in [0.1, 0.15) is 67.6 Å². The molecule has 0 spiro atoms. The van der Waals surface area contributed by atoms with Crippen molar-refractivity contribution in [2.45, 2.75) is 84.8 Å². The Kier molecular flexibility index (Phi) is 7.47. The number of carbonyl (C=O) groups is 1. The van der Waals surface area contributed by atoms with Gasteiger partial charge in [0.1, 0.15) is 5.82 Å². The van der Waals surface area contributed by atoms with Crippen LogP contribution in [0.15, 0.2) is 30.5 Å². The molecule has 1 aromatic carbocycles. The molecule has 9 heteroatoms. The lowest BCUT2D eigenvalue weighted by Gasteiger charge is -2.40. The lowest BCUT2D eigenvalue weighted by atomic mass is 9.82. The summed E-state index contributed by atoms with van der Waals surface area (Å²) in [7, 11) is 0. The van der Waals surface area contributed by atoms with Gasteiger partial charge in [-0.05, 0) is 74.1 Å². The van der Waals surface area contributed by atoms with Crippen molar-refractivity contribution in [1.29, 1.82) is 0 Å². The van der Waals surface area contributed by atoms with E-state index in [4.69, 9.17) is 14.7 Å². The first-order valence-corrected chi connectivity index (χ1v) is 16.2. The fourth-order valence-corrected chi connectivity index (χ4v) is 7.76. The summed E-state index contributed by atoms with van der Waals surface area (Å²) < 4.78 is 5.78. The van der Waals surface area contributed by atoms with Gasteiger partial charge in [-0.25, -0.2) is 4.98 Å². The maximum Gasteiger partial charge on any atom is 0.307 e. The molecule has 0 radical (unpaired) electrons. The van der Waals surface area contributed by atoms with Crippen molar-refractivity contribution in [3.05, 3.63) is 58.5 Å². The number of aliphatic carboxylic acids is 1. The summed E-state index contributed by atoms with van der Waals surface area (Å²) in [6.07, 6.45) is 7.24. The van der Waals surface area contributed by atoms with Gasteiger partial charge in [0.2, 0.25) is 5.95 Å². The van der Waals surface area contributed by atoms with Gasteiger partial charge in [0, 0.05) is 54.9 Å². The zero-order valence-electron chi connectivity index (χ0n) is 26.5. The van der Waals surface area contributed by atoms with Gasteiger partial charge in [0.05, 0.1) is 37.4 Å². The van der Waals surface area contributed by atoms with Crippen LogP contribution in [0.3, 0.4) is 0 Å². The number of piperidine rings is 1. The maximum absolute atomic E-state index is 12.0. The van der Waals surface area contributed by atoms with Gasteiger partial charge in [-0.3, -0.25) is 9.78 Å². The number of benzene rings is 1. The quantitative estimate of drug-likeness (QED) is 0.405. The highest BCUT2D eigenvalue weighted by Gasteiger charge is 2.39. The third kappa shape index (κ3) is 5.40. The minimum Gasteiger partial charge on any atom is -0.481 e. The molecule has 2 unspecified atom stereocenters. The van der Waals surface area contributed by atoms with Gasteiger partial charge >= 0.3 is 5.97 Å². The predicted molar refractivity (Wildman–Crippen MR) is 173 cm³/mol. The summed E-state index contributed by atoms with van der Waals surface area (Å²) in [5.41, 5.74) is 8.82. The minimum absolute atomic E-state index is 0.0197. The van der Waals surface area contributed by atoms with E-state index in [9.17, 15) is 9.90 Å². The number of fused-ring (bicyclic) bond motifs is 3. The monoisotopic (exact) mass is 596 g/mol. The van der Waals surface area contributed by atoms with Crippen LogP contribution in [0.25, 0.3) is 11.1 Å². The lowest BCUT2D eigenvalue weighted by Crippen LogP contribution is -2.47. The second kappa shape index (κ2) is 11.3. The summed E-state index contributed by atoms with van der Waals surface area (Å²) in [6.45, 7) is 13.7. The molecule has 3 fully saturated rings. The Hall–Kier alpha value is -3.72. The fraction of sp³-hybridized carbons (Fsp3) is 0.543. The smallest absolute Gasteiger partial charge is 0.307 e. The van der Waals surface area contributed by atoms with Crippen molar-refractivity contribution in [2.24, 2.45) is 5.41 Å². The van der Waals surface area contributed by atoms with E-state index >= 15 is 0 Å². The lowest BCUT2D eigenvalue weighted by molar-refractivity contribution is -0.136. The van der Waals surface area contributed by atoms with E-state index in [0.717, 1.165) is 117 Å². The molecule has 0 amide bonds. The molecule has 2 aromatic heterocycles. The molecule has 2 atom stereocenters. The normalized spacial score (nSPS) is 22.7. The molecule has 3 saturated heterocycles. The second-order valence-corrected chi connectivity index (χ2v) is 13.9. The molecule has 4 aliphatic rings. The van der Waals surface area contributed by atoms with Gasteiger partial charge in [0.15, 0.2) is 0 Å². The summed E-state index contributed by atoms with van der Waals surface area (Å²) in [4.78, 5) is 33.8. The molecule has 9 nitrogen and oxygen atoms in total. The van der Waals surface area contributed by atoms with Crippen molar-refractivity contribution in [2.75, 3.05) is 47.5 Å². The van der Waals surface area contributed by atoms with E-state index in [0.29, 0.717) is 17.5 Å². The number of hydrogen-bond acceptors (Lipinski definition) is 8. The number of pyridine rings is 1. The number of nitrogens with zero attached hydrogens (tertiary/aromatic N) is 6. The minimum atomic E-state index is -0.817. The van der Waals surface area contributed by atoms with Crippen molar-refractivity contribution < 1.29 is 14.6 Å². The highest BCUT2D eigenvalue weighted by Crippen LogP contribution is 2.42. The van der Waals surface area contributed by atoms with Gasteiger partial charge in [0.25, 0.3) is 0 Å². The van der Waals surface area contributed by atoms with Gasteiger partial charge in [-0.2, -0.15) is 4.98 Å². The first-order valence-electron chi connectivity index (χ1n) is 16.2. The first kappa shape index (κ1) is 29.0. The molecule has 2 bridgehead atoms. The van der Waals surface area contributed by atoms with Crippen molar-refractivity contribution in [3.8, 4) is 11.1 Å². The van der Waals surface area contributed by atoms with Crippen LogP contribution in [0.4, 0.5) is 17.5 Å². The van der Waals surface area contributed by atoms with Crippen LogP contribution in [0.5, 0.6) is 0 Å². The predicted octanol–water partition coefficient (Wildman–Crippen LogP) is 5.34. The van der Waals surface area contributed by atoms with Crippen molar-refractivity contribution in [1.82, 2.24) is 15.0 Å². The summed E-state index contributed by atoms with van der Waals surface area (Å²) >= 11 is 0. The van der Waals surface area contributed by atoms with Gasteiger partial charge in [-0.15, -0.1) is 0 Å². The van der Waals surface area contributed by atoms with Crippen molar-refractivity contribution >= 4 is 23.4 Å². The molecule has 44 heavy (non-hydrogen) atoms. The second-order valence-electron chi connectivity index (χ2n) is 13.9. The first-order chi connectivity index (χ1) is 21.2. The molecular weight excluding hydrogens is 552 g/mol. The van der Waals surface area contributed by atoms with E-state index < -0.39 is 5.97 Å². The average molecular weight is 597 g/mol. The van der Waals surface area contributed by atoms with Crippen LogP contribution in [0, 0.1) is 19.3 Å². The maximum atomic E-state index is 12.0. The molecule has 6 heterocycles. The van der Waals surface area contributed by atoms with Crippen LogP contribution in [-0.2, 0) is 28.9 Å². The number of aryl methyl sites for hydroxylation is 2. The van der Waals surface area contributed by atoms with E-state index in [1.807, 2.05) is 19.2 Å². The van der Waals surface area contributed by atoms with E-state index in [1.165, 1.54) is 11.1 Å². The number of carboxylic acids is 1. The van der Waals surface area contributed by atoms with E-state index in [2.05, 4.69) is 58.7 Å². The summed E-state index contributed by atoms with van der Waals surface area (Å²) in [6, 6.07) is 9.57. The number of carboxylic acid groups (broad SMARTS) is 1. The van der Waals surface area contributed by atoms with Crippen LogP contribution < -0.4 is 14.7 Å². The Balaban J connectivity index is 1.19. The molecule has 7 rings (SSSR count). The average Bonchev–Trinajstić information content (AvgIpc) is 3.25. The van der Waals surface area contributed by atoms with E-state index in [-0.39, 0.29) is 6.42 Å². The van der Waals surface area contributed by atoms with Gasteiger partial charge < -0.3 is 24.5 Å². The SMILES string of the molecule is Cc1nc(C)c(-c2ccc3c(c2)CCN(c2ccnc(N4C5CCC4COC5)n2)C3)c(N2CCC(C)(C)CC2)c1CC(=O)O. The van der Waals surface area contributed by atoms with Crippen molar-refractivity contribution in [3.63, 3.8) is 0 Å². The van der Waals surface area contributed by atoms with Crippen LogP contribution >= 0.6 is 0 Å². The molecule has 232 valence electrons. The number of anilines is 3. The van der Waals surface area contributed by atoms with Crippen LogP contribution in [0.2, 0.25) is 0 Å². The number of rotatable bonds is 6. The highest BCUT2D eigenvalue weighted by molar-refractivity contribution is 5.86. The Labute approximate surface area is 260 Å². The molecule has 0 saturated carbocycles. The van der Waals surface area contributed by atoms with E-state index in [1.54, 1.807) is 0 Å². The number of aromatic nitrogens is 3. The summed E-state index contributed by atoms with van der Waals surface area (Å²) in [5, 5.41) is 9.86. The van der Waals surface area contributed by atoms with Crippen LogP contribution in [-0.4, -0.2) is 71.0 Å². The number of ether oxygens (including phenoxy) is 1. The Bertz CT molecular complexity index is 1560. The third-order valence-corrected chi connectivity index (χ3v) is 10.3. The standard InChI is InChI=1S/C35H44N6O3/c1-22-29(18-31(42)43)33(39-15-11-35(3,4)12-16-39)32(23(2)37-22)25-5-6-26-19-40(14-10-24(26)17-25)30-9-13-36-34(38-30)41-27-7-8-28(41)21-44-20-27/h5-6,9,13,17,27-28H,7-8,10-12,14-16,18-21H2,1-4H3,(H,42,43). The Morgan fingerprint density at radius 3 is 2.45 bits per heavy atom. The third-order valence-electron chi connectivity index (χ3n) is 10.3. The molecule has 4 aliphatic heterocycles. The number of morpholine rings is 1. The molecule has 3 aromatic rings. The topological polar surface area (TPSA) is 94.9 Å². The zero-order chi connectivity index (χ0) is 30.6. The fourth-order valence-electron chi connectivity index (χ4n) is 7.76. The summed E-state index contributed by atoms with van der Waals surface area (Å²) in [5.74, 6) is 0.985. The largest absolute Gasteiger partial charge is 0.481 e. The van der Waals surface area contributed by atoms with Gasteiger partial charge in [-0.1, -0.05) is 32.0 Å². The zero-order valence-corrected chi connectivity index (χ0v) is 26.5.